The molecule has 1 aromatic rings. The number of para-hydroxylation sites is 1. The first-order valence-electron chi connectivity index (χ1n) is 11.2. The summed E-state index contributed by atoms with van der Waals surface area (Å²) in [5, 5.41) is 3.07. The van der Waals surface area contributed by atoms with Gasteiger partial charge in [0.25, 0.3) is 0 Å². The summed E-state index contributed by atoms with van der Waals surface area (Å²) in [4.78, 5) is 12.1. The Bertz CT molecular complexity index is 469. The lowest BCUT2D eigenvalue weighted by molar-refractivity contribution is -0.116. The van der Waals surface area contributed by atoms with Gasteiger partial charge in [0, 0.05) is 12.1 Å². The van der Waals surface area contributed by atoms with E-state index in [9.17, 15) is 4.79 Å². The molecule has 1 amide bonds. The minimum absolute atomic E-state index is 0.161. The molecule has 2 nitrogen and oxygen atoms in total. The van der Waals surface area contributed by atoms with Gasteiger partial charge in [-0.2, -0.15) is 0 Å². The fraction of sp³-hybridized carbons (Fsp3) is 0.708. The number of benzene rings is 1. The van der Waals surface area contributed by atoms with Crippen LogP contribution in [0.2, 0.25) is 0 Å². The number of anilines is 1. The molecule has 0 aliphatic rings. The number of carbonyl (C=O) groups is 1. The van der Waals surface area contributed by atoms with E-state index in [0.717, 1.165) is 18.5 Å². The second-order valence-electron chi connectivity index (χ2n) is 7.55. The first-order valence-corrected chi connectivity index (χ1v) is 11.2. The smallest absolute Gasteiger partial charge is 0.224 e. The van der Waals surface area contributed by atoms with Gasteiger partial charge < -0.3 is 5.32 Å². The van der Waals surface area contributed by atoms with E-state index < -0.39 is 0 Å². The first kappa shape index (κ1) is 22.7. The zero-order valence-corrected chi connectivity index (χ0v) is 17.3. The lowest BCUT2D eigenvalue weighted by Crippen LogP contribution is -2.12. The zero-order chi connectivity index (χ0) is 18.9. The number of rotatable bonds is 16. The topological polar surface area (TPSA) is 29.1 Å². The van der Waals surface area contributed by atoms with Gasteiger partial charge in [-0.1, -0.05) is 109 Å². The minimum Gasteiger partial charge on any atom is -0.326 e. The highest BCUT2D eigenvalue weighted by molar-refractivity contribution is 5.91. The SMILES string of the molecule is CCCCCCCCCCCCCCCC(=O)Nc1ccccc1CC. The van der Waals surface area contributed by atoms with Crippen molar-refractivity contribution in [2.45, 2.75) is 110 Å². The number of aryl methyl sites for hydroxylation is 1. The zero-order valence-electron chi connectivity index (χ0n) is 17.3. The van der Waals surface area contributed by atoms with E-state index >= 15 is 0 Å². The van der Waals surface area contributed by atoms with Crippen molar-refractivity contribution in [3.05, 3.63) is 29.8 Å². The highest BCUT2D eigenvalue weighted by Gasteiger charge is 2.05. The van der Waals surface area contributed by atoms with Crippen LogP contribution < -0.4 is 5.32 Å². The van der Waals surface area contributed by atoms with Gasteiger partial charge in [-0.15, -0.1) is 0 Å². The highest BCUT2D eigenvalue weighted by atomic mass is 16.1. The highest BCUT2D eigenvalue weighted by Crippen LogP contribution is 2.17. The Morgan fingerprint density at radius 2 is 1.23 bits per heavy atom. The molecular weight excluding hydrogens is 318 g/mol. The van der Waals surface area contributed by atoms with Crippen LogP contribution in [-0.2, 0) is 11.2 Å². The molecule has 2 heteroatoms. The maximum Gasteiger partial charge on any atom is 0.224 e. The number of hydrogen-bond donors (Lipinski definition) is 1. The minimum atomic E-state index is 0.161. The molecule has 1 aromatic carbocycles. The van der Waals surface area contributed by atoms with E-state index in [4.69, 9.17) is 0 Å². The third-order valence-corrected chi connectivity index (χ3v) is 5.18. The molecule has 0 radical (unpaired) electrons. The normalized spacial score (nSPS) is 10.8. The summed E-state index contributed by atoms with van der Waals surface area (Å²) >= 11 is 0. The van der Waals surface area contributed by atoms with Crippen molar-refractivity contribution >= 4 is 11.6 Å². The largest absolute Gasteiger partial charge is 0.326 e. The molecule has 0 aliphatic carbocycles. The summed E-state index contributed by atoms with van der Waals surface area (Å²) in [6, 6.07) is 8.10. The summed E-state index contributed by atoms with van der Waals surface area (Å²) in [6.07, 6.45) is 19.0. The van der Waals surface area contributed by atoms with Gasteiger partial charge in [0.15, 0.2) is 0 Å². The van der Waals surface area contributed by atoms with Crippen LogP contribution >= 0.6 is 0 Å². The lowest BCUT2D eigenvalue weighted by atomic mass is 10.0. The van der Waals surface area contributed by atoms with Crippen molar-refractivity contribution in [3.8, 4) is 0 Å². The standard InChI is InChI=1S/C24H41NO/c1-3-5-6-7-8-9-10-11-12-13-14-15-16-21-24(26)25-23-20-18-17-19-22(23)4-2/h17-20H,3-16,21H2,1-2H3,(H,25,26). The van der Waals surface area contributed by atoms with E-state index in [1.165, 1.54) is 82.6 Å². The molecule has 0 aromatic heterocycles. The Morgan fingerprint density at radius 1 is 0.731 bits per heavy atom. The molecule has 0 heterocycles. The summed E-state index contributed by atoms with van der Waals surface area (Å²) in [6.45, 7) is 4.40. The number of hydrogen-bond acceptors (Lipinski definition) is 1. The molecule has 0 atom stereocenters. The van der Waals surface area contributed by atoms with Gasteiger partial charge in [-0.25, -0.2) is 0 Å². The van der Waals surface area contributed by atoms with Crippen molar-refractivity contribution in [2.75, 3.05) is 5.32 Å². The number of carbonyl (C=O) groups excluding carboxylic acids is 1. The third-order valence-electron chi connectivity index (χ3n) is 5.18. The van der Waals surface area contributed by atoms with Gasteiger partial charge in [-0.3, -0.25) is 4.79 Å². The van der Waals surface area contributed by atoms with Crippen molar-refractivity contribution < 1.29 is 4.79 Å². The van der Waals surface area contributed by atoms with Gasteiger partial charge in [0.2, 0.25) is 5.91 Å². The molecule has 0 spiro atoms. The lowest BCUT2D eigenvalue weighted by Gasteiger charge is -2.09. The quantitative estimate of drug-likeness (QED) is 0.301. The van der Waals surface area contributed by atoms with E-state index in [2.05, 4.69) is 25.2 Å². The van der Waals surface area contributed by atoms with Crippen LogP contribution in [-0.4, -0.2) is 5.91 Å². The maximum absolute atomic E-state index is 12.1. The molecule has 1 rings (SSSR count). The second kappa shape index (κ2) is 15.9. The fourth-order valence-electron chi connectivity index (χ4n) is 3.47. The van der Waals surface area contributed by atoms with Crippen molar-refractivity contribution in [1.29, 1.82) is 0 Å². The van der Waals surface area contributed by atoms with Crippen LogP contribution in [0.5, 0.6) is 0 Å². The van der Waals surface area contributed by atoms with E-state index in [-0.39, 0.29) is 5.91 Å². The third kappa shape index (κ3) is 11.3. The van der Waals surface area contributed by atoms with Crippen LogP contribution in [0.4, 0.5) is 5.69 Å². The van der Waals surface area contributed by atoms with Crippen molar-refractivity contribution in [2.24, 2.45) is 0 Å². The van der Waals surface area contributed by atoms with Crippen LogP contribution in [0.25, 0.3) is 0 Å². The molecule has 0 saturated carbocycles. The summed E-state index contributed by atoms with van der Waals surface area (Å²) in [5.41, 5.74) is 2.20. The first-order chi connectivity index (χ1) is 12.8. The number of amides is 1. The maximum atomic E-state index is 12.1. The Balaban J connectivity index is 1.92. The molecule has 26 heavy (non-hydrogen) atoms. The Morgan fingerprint density at radius 3 is 1.77 bits per heavy atom. The fourth-order valence-corrected chi connectivity index (χ4v) is 3.47. The van der Waals surface area contributed by atoms with Crippen molar-refractivity contribution in [3.63, 3.8) is 0 Å². The Hall–Kier alpha value is -1.31. The van der Waals surface area contributed by atoms with Gasteiger partial charge in [0.1, 0.15) is 0 Å². The van der Waals surface area contributed by atoms with Crippen molar-refractivity contribution in [1.82, 2.24) is 0 Å². The molecule has 0 aliphatic heterocycles. The van der Waals surface area contributed by atoms with E-state index in [0.29, 0.717) is 6.42 Å². The monoisotopic (exact) mass is 359 g/mol. The Labute approximate surface area is 162 Å². The predicted octanol–water partition coefficient (Wildman–Crippen LogP) is 7.67. The van der Waals surface area contributed by atoms with Gasteiger partial charge in [0.05, 0.1) is 0 Å². The Kier molecular flexibility index (Phi) is 13.9. The van der Waals surface area contributed by atoms with E-state index in [1.54, 1.807) is 0 Å². The summed E-state index contributed by atoms with van der Waals surface area (Å²) in [7, 11) is 0. The van der Waals surface area contributed by atoms with Crippen LogP contribution in [0.15, 0.2) is 24.3 Å². The van der Waals surface area contributed by atoms with Crippen LogP contribution in [0, 0.1) is 0 Å². The molecule has 148 valence electrons. The molecule has 0 unspecified atom stereocenters. The molecule has 0 fully saturated rings. The van der Waals surface area contributed by atoms with Gasteiger partial charge in [-0.05, 0) is 24.5 Å². The van der Waals surface area contributed by atoms with E-state index in [1.807, 2.05) is 18.2 Å². The number of unbranched alkanes of at least 4 members (excludes halogenated alkanes) is 12. The molecule has 0 bridgehead atoms. The molecule has 0 saturated heterocycles. The number of nitrogens with one attached hydrogen (secondary N) is 1. The van der Waals surface area contributed by atoms with Crippen LogP contribution in [0.1, 0.15) is 109 Å². The predicted molar refractivity (Wildman–Crippen MR) is 115 cm³/mol. The molecular formula is C24H41NO. The second-order valence-corrected chi connectivity index (χ2v) is 7.55. The van der Waals surface area contributed by atoms with Gasteiger partial charge >= 0.3 is 0 Å². The summed E-state index contributed by atoms with van der Waals surface area (Å²) < 4.78 is 0. The van der Waals surface area contributed by atoms with Crippen LogP contribution in [0.3, 0.4) is 0 Å². The molecule has 1 N–H and O–H groups in total. The average Bonchev–Trinajstić information content (AvgIpc) is 2.66. The summed E-state index contributed by atoms with van der Waals surface area (Å²) in [5.74, 6) is 0.161. The average molecular weight is 360 g/mol.